The number of carbonyl (C=O) groups excluding carboxylic acids is 2. The summed E-state index contributed by atoms with van der Waals surface area (Å²) in [6.45, 7) is 9.81. The molecule has 10 nitrogen and oxygen atoms in total. The van der Waals surface area contributed by atoms with E-state index in [1.165, 1.54) is 0 Å². The normalized spacial score (nSPS) is 18.1. The zero-order valence-electron chi connectivity index (χ0n) is 21.6. The molecule has 2 heterocycles. The molecule has 1 unspecified atom stereocenters. The lowest BCUT2D eigenvalue weighted by atomic mass is 9.74. The van der Waals surface area contributed by atoms with E-state index in [1.54, 1.807) is 16.9 Å². The summed E-state index contributed by atoms with van der Waals surface area (Å²) in [5.41, 5.74) is 1.49. The first kappa shape index (κ1) is 27.4. The fourth-order valence-corrected chi connectivity index (χ4v) is 4.33. The lowest BCUT2D eigenvalue weighted by Crippen LogP contribution is -2.56. The van der Waals surface area contributed by atoms with Crippen molar-refractivity contribution >= 4 is 24.6 Å². The van der Waals surface area contributed by atoms with Crippen molar-refractivity contribution in [3.63, 3.8) is 0 Å². The number of carbonyl (C=O) groups is 2. The van der Waals surface area contributed by atoms with Gasteiger partial charge in [-0.15, -0.1) is 0 Å². The smallest absolute Gasteiger partial charge is 0.426 e. The molecule has 2 amide bonds. The standard InChI is InChI=1S/C25H36BN5O5/c1-16(2)11-22(26(34)35)29-24(33)25(13-19-8-6-7-18(5)12-19)14-20(30-36-25)15-27-23(32)21-9-10-28-31(21)17(3)4/h6-10,12,16-17,22,34-35H,11,13-15H2,1-5H3,(H,27,32)(H,29,33)/t22-,25?/m0/s1. The van der Waals surface area contributed by atoms with E-state index in [0.717, 1.165) is 11.1 Å². The fourth-order valence-electron chi connectivity index (χ4n) is 4.33. The number of oxime groups is 1. The van der Waals surface area contributed by atoms with Crippen molar-refractivity contribution in [3.8, 4) is 0 Å². The average molecular weight is 497 g/mol. The molecule has 0 saturated carbocycles. The first-order valence-corrected chi connectivity index (χ1v) is 12.3. The molecule has 194 valence electrons. The number of amides is 2. The van der Waals surface area contributed by atoms with Gasteiger partial charge in [-0.3, -0.25) is 14.3 Å². The highest BCUT2D eigenvalue weighted by Gasteiger charge is 2.48. The topological polar surface area (TPSA) is 138 Å². The number of aromatic nitrogens is 2. The van der Waals surface area contributed by atoms with Crippen LogP contribution in [0.25, 0.3) is 0 Å². The van der Waals surface area contributed by atoms with E-state index in [9.17, 15) is 19.6 Å². The van der Waals surface area contributed by atoms with Gasteiger partial charge in [-0.1, -0.05) is 48.8 Å². The number of nitrogens with zero attached hydrogens (tertiary/aromatic N) is 3. The van der Waals surface area contributed by atoms with Crippen LogP contribution in [0.1, 0.15) is 68.2 Å². The summed E-state index contributed by atoms with van der Waals surface area (Å²) in [6, 6.07) is 9.42. The van der Waals surface area contributed by atoms with Gasteiger partial charge in [0, 0.05) is 25.1 Å². The molecule has 11 heteroatoms. The minimum atomic E-state index is -1.71. The Morgan fingerprint density at radius 3 is 2.61 bits per heavy atom. The van der Waals surface area contributed by atoms with Crippen LogP contribution in [0.5, 0.6) is 0 Å². The number of nitrogens with one attached hydrogen (secondary N) is 2. The van der Waals surface area contributed by atoms with Gasteiger partial charge in [0.2, 0.25) is 5.60 Å². The molecule has 0 aliphatic carbocycles. The van der Waals surface area contributed by atoms with Crippen LogP contribution in [0.15, 0.2) is 41.7 Å². The Hall–Kier alpha value is -3.18. The highest BCUT2D eigenvalue weighted by molar-refractivity contribution is 6.43. The SMILES string of the molecule is Cc1cccc(CC2(C(=O)N[C@@H](CC(C)C)B(O)O)CC(CNC(=O)c3ccnn3C(C)C)=NO2)c1. The minimum absolute atomic E-state index is 0.0271. The van der Waals surface area contributed by atoms with E-state index >= 15 is 0 Å². The molecule has 1 aromatic heterocycles. The highest BCUT2D eigenvalue weighted by atomic mass is 16.7. The van der Waals surface area contributed by atoms with E-state index in [2.05, 4.69) is 20.9 Å². The largest absolute Gasteiger partial charge is 0.475 e. The Kier molecular flexibility index (Phi) is 8.91. The third-order valence-corrected chi connectivity index (χ3v) is 6.07. The lowest BCUT2D eigenvalue weighted by Gasteiger charge is -2.29. The molecule has 0 radical (unpaired) electrons. The molecule has 36 heavy (non-hydrogen) atoms. The van der Waals surface area contributed by atoms with E-state index in [-0.39, 0.29) is 37.3 Å². The van der Waals surface area contributed by atoms with Gasteiger partial charge in [0.1, 0.15) is 5.69 Å². The fraction of sp³-hybridized carbons (Fsp3) is 0.520. The van der Waals surface area contributed by atoms with E-state index in [4.69, 9.17) is 4.84 Å². The molecular formula is C25H36BN5O5. The van der Waals surface area contributed by atoms with Gasteiger partial charge in [-0.05, 0) is 44.7 Å². The predicted octanol–water partition coefficient (Wildman–Crippen LogP) is 1.80. The van der Waals surface area contributed by atoms with Crippen LogP contribution in [0.3, 0.4) is 0 Å². The first-order chi connectivity index (χ1) is 17.0. The van der Waals surface area contributed by atoms with Gasteiger partial charge in [-0.25, -0.2) is 0 Å². The molecule has 1 aromatic carbocycles. The summed E-state index contributed by atoms with van der Waals surface area (Å²) in [5, 5.41) is 33.6. The molecular weight excluding hydrogens is 461 g/mol. The van der Waals surface area contributed by atoms with Crippen LogP contribution in [0, 0.1) is 12.8 Å². The second-order valence-electron chi connectivity index (χ2n) is 10.1. The zero-order chi connectivity index (χ0) is 26.5. The molecule has 0 bridgehead atoms. The Labute approximate surface area is 212 Å². The molecule has 2 atom stereocenters. The predicted molar refractivity (Wildman–Crippen MR) is 137 cm³/mol. The second-order valence-corrected chi connectivity index (χ2v) is 10.1. The highest BCUT2D eigenvalue weighted by Crippen LogP contribution is 2.30. The summed E-state index contributed by atoms with van der Waals surface area (Å²) in [7, 11) is -1.71. The quantitative estimate of drug-likeness (QED) is 0.350. The maximum Gasteiger partial charge on any atom is 0.475 e. The average Bonchev–Trinajstić information content (AvgIpc) is 3.45. The van der Waals surface area contributed by atoms with Crippen molar-refractivity contribution in [2.45, 2.75) is 71.5 Å². The molecule has 1 aliphatic heterocycles. The molecule has 1 aliphatic rings. The summed E-state index contributed by atoms with van der Waals surface area (Å²) in [5.74, 6) is -1.50. The summed E-state index contributed by atoms with van der Waals surface area (Å²) in [4.78, 5) is 32.0. The van der Waals surface area contributed by atoms with Crippen molar-refractivity contribution < 1.29 is 24.5 Å². The molecule has 2 aromatic rings. The van der Waals surface area contributed by atoms with E-state index in [0.29, 0.717) is 17.8 Å². The Balaban J connectivity index is 1.76. The summed E-state index contributed by atoms with van der Waals surface area (Å²) >= 11 is 0. The number of aryl methyl sites for hydroxylation is 1. The molecule has 0 fully saturated rings. The Morgan fingerprint density at radius 1 is 1.22 bits per heavy atom. The van der Waals surface area contributed by atoms with Crippen molar-refractivity contribution in [2.75, 3.05) is 6.54 Å². The van der Waals surface area contributed by atoms with E-state index < -0.39 is 24.6 Å². The van der Waals surface area contributed by atoms with Crippen LogP contribution in [-0.2, 0) is 16.1 Å². The maximum atomic E-state index is 13.5. The number of rotatable bonds is 11. The number of hydrogen-bond donors (Lipinski definition) is 4. The maximum absolute atomic E-state index is 13.5. The monoisotopic (exact) mass is 497 g/mol. The molecule has 0 spiro atoms. The van der Waals surface area contributed by atoms with Gasteiger partial charge in [0.05, 0.1) is 18.2 Å². The van der Waals surface area contributed by atoms with Gasteiger partial charge in [-0.2, -0.15) is 5.10 Å². The Bertz CT molecular complexity index is 1100. The van der Waals surface area contributed by atoms with Crippen molar-refractivity contribution in [1.82, 2.24) is 20.4 Å². The van der Waals surface area contributed by atoms with Gasteiger partial charge >= 0.3 is 7.12 Å². The van der Waals surface area contributed by atoms with Crippen LogP contribution in [0.4, 0.5) is 0 Å². The lowest BCUT2D eigenvalue weighted by molar-refractivity contribution is -0.144. The zero-order valence-corrected chi connectivity index (χ0v) is 21.6. The van der Waals surface area contributed by atoms with Crippen molar-refractivity contribution in [1.29, 1.82) is 0 Å². The van der Waals surface area contributed by atoms with Crippen molar-refractivity contribution in [3.05, 3.63) is 53.3 Å². The molecule has 4 N–H and O–H groups in total. The van der Waals surface area contributed by atoms with Gasteiger partial charge in [0.15, 0.2) is 0 Å². The van der Waals surface area contributed by atoms with Gasteiger partial charge in [0.25, 0.3) is 11.8 Å². The Morgan fingerprint density at radius 2 is 1.97 bits per heavy atom. The van der Waals surface area contributed by atoms with Gasteiger partial charge < -0.3 is 25.5 Å². The molecule has 0 saturated heterocycles. The third-order valence-electron chi connectivity index (χ3n) is 6.07. The molecule has 3 rings (SSSR count). The van der Waals surface area contributed by atoms with E-state index in [1.807, 2.05) is 58.9 Å². The van der Waals surface area contributed by atoms with Crippen LogP contribution in [-0.4, -0.2) is 62.6 Å². The third kappa shape index (κ3) is 6.73. The van der Waals surface area contributed by atoms with Crippen LogP contribution in [0.2, 0.25) is 0 Å². The second kappa shape index (κ2) is 11.7. The first-order valence-electron chi connectivity index (χ1n) is 12.3. The van der Waals surface area contributed by atoms with Crippen molar-refractivity contribution in [2.24, 2.45) is 11.1 Å². The minimum Gasteiger partial charge on any atom is -0.426 e. The summed E-state index contributed by atoms with van der Waals surface area (Å²) in [6.07, 6.45) is 2.34. The van der Waals surface area contributed by atoms with Crippen LogP contribution >= 0.6 is 0 Å². The number of benzene rings is 1. The number of hydrogen-bond acceptors (Lipinski definition) is 7. The summed E-state index contributed by atoms with van der Waals surface area (Å²) < 4.78 is 1.63. The van der Waals surface area contributed by atoms with Crippen LogP contribution < -0.4 is 10.6 Å².